The van der Waals surface area contributed by atoms with Gasteiger partial charge in [-0.3, -0.25) is 4.79 Å². The van der Waals surface area contributed by atoms with Crippen LogP contribution in [0.2, 0.25) is 0 Å². The van der Waals surface area contributed by atoms with Crippen LogP contribution in [0.5, 0.6) is 0 Å². The van der Waals surface area contributed by atoms with Gasteiger partial charge in [0.15, 0.2) is 10.6 Å². The van der Waals surface area contributed by atoms with Crippen molar-refractivity contribution in [1.29, 1.82) is 0 Å². The van der Waals surface area contributed by atoms with Gasteiger partial charge in [0.05, 0.1) is 10.2 Å². The largest absolute Gasteiger partial charge is 0.450 e. The molecule has 0 aliphatic rings. The van der Waals surface area contributed by atoms with E-state index in [1.165, 1.54) is 16.9 Å². The first-order valence-corrected chi connectivity index (χ1v) is 11.9. The Hall–Kier alpha value is -3.09. The third kappa shape index (κ3) is 3.96. The SMILES string of the molecule is Cn1c(=NC(=O)c2oc3ccccc3c2CSCc2ccccc2)sc2ccccc21. The van der Waals surface area contributed by atoms with Crippen LogP contribution in [0.15, 0.2) is 88.3 Å². The number of aromatic nitrogens is 1. The fraction of sp³-hybridized carbons (Fsp3) is 0.120. The standard InChI is InChI=1S/C25H20N2O2S2/c1-27-20-12-6-8-14-22(20)31-25(27)26-24(28)23-19(18-11-5-7-13-21(18)29-23)16-30-15-17-9-3-2-4-10-17/h2-14H,15-16H2,1H3. The van der Waals surface area contributed by atoms with Crippen LogP contribution in [0.1, 0.15) is 21.7 Å². The highest BCUT2D eigenvalue weighted by Crippen LogP contribution is 2.31. The van der Waals surface area contributed by atoms with Crippen LogP contribution in [0.25, 0.3) is 21.2 Å². The first kappa shape index (κ1) is 19.8. The van der Waals surface area contributed by atoms with Gasteiger partial charge in [0.25, 0.3) is 0 Å². The molecule has 0 N–H and O–H groups in total. The molecule has 154 valence electrons. The molecular formula is C25H20N2O2S2. The van der Waals surface area contributed by atoms with E-state index in [-0.39, 0.29) is 5.91 Å². The second kappa shape index (κ2) is 8.57. The Labute approximate surface area is 187 Å². The van der Waals surface area contributed by atoms with Crippen LogP contribution in [0.3, 0.4) is 0 Å². The molecule has 2 heterocycles. The molecule has 0 unspecified atom stereocenters. The van der Waals surface area contributed by atoms with Gasteiger partial charge in [0.1, 0.15) is 5.58 Å². The highest BCUT2D eigenvalue weighted by molar-refractivity contribution is 7.97. The monoisotopic (exact) mass is 444 g/mol. The molecule has 0 atom stereocenters. The fourth-order valence-electron chi connectivity index (χ4n) is 3.59. The van der Waals surface area contributed by atoms with Gasteiger partial charge in [-0.1, -0.05) is 72.0 Å². The van der Waals surface area contributed by atoms with Crippen LogP contribution in [-0.2, 0) is 18.6 Å². The lowest BCUT2D eigenvalue weighted by molar-refractivity contribution is 0.0972. The Kier molecular flexibility index (Phi) is 5.49. The Bertz CT molecular complexity index is 1440. The van der Waals surface area contributed by atoms with Gasteiger partial charge in [-0.05, 0) is 23.8 Å². The number of hydrogen-bond donors (Lipinski definition) is 0. The first-order chi connectivity index (χ1) is 15.2. The number of hydrogen-bond acceptors (Lipinski definition) is 4. The molecule has 0 bridgehead atoms. The van der Waals surface area contributed by atoms with Crippen molar-refractivity contribution in [2.24, 2.45) is 12.0 Å². The number of rotatable bonds is 5. The highest BCUT2D eigenvalue weighted by Gasteiger charge is 2.20. The minimum absolute atomic E-state index is 0.333. The minimum Gasteiger partial charge on any atom is -0.450 e. The van der Waals surface area contributed by atoms with Crippen molar-refractivity contribution < 1.29 is 9.21 Å². The van der Waals surface area contributed by atoms with Gasteiger partial charge in [-0.25, -0.2) is 0 Å². The number of thioether (sulfide) groups is 1. The number of para-hydroxylation sites is 2. The lowest BCUT2D eigenvalue weighted by Gasteiger charge is -2.02. The predicted octanol–water partition coefficient (Wildman–Crippen LogP) is 6.16. The summed E-state index contributed by atoms with van der Waals surface area (Å²) in [5.41, 5.74) is 3.95. The average molecular weight is 445 g/mol. The van der Waals surface area contributed by atoms with Gasteiger partial charge in [0, 0.05) is 29.5 Å². The van der Waals surface area contributed by atoms with Gasteiger partial charge in [-0.15, -0.1) is 0 Å². The maximum absolute atomic E-state index is 13.2. The van der Waals surface area contributed by atoms with Crippen LogP contribution in [0, 0.1) is 0 Å². The zero-order chi connectivity index (χ0) is 21.2. The van der Waals surface area contributed by atoms with E-state index in [1.807, 2.05) is 78.3 Å². The molecule has 0 radical (unpaired) electrons. The molecular weight excluding hydrogens is 424 g/mol. The van der Waals surface area contributed by atoms with Crippen molar-refractivity contribution in [1.82, 2.24) is 4.57 Å². The molecule has 4 nitrogen and oxygen atoms in total. The summed E-state index contributed by atoms with van der Waals surface area (Å²) in [6, 6.07) is 26.2. The lowest BCUT2D eigenvalue weighted by atomic mass is 10.1. The summed E-state index contributed by atoms with van der Waals surface area (Å²) < 4.78 is 9.03. The molecule has 1 amide bonds. The van der Waals surface area contributed by atoms with Crippen LogP contribution >= 0.6 is 23.1 Å². The van der Waals surface area contributed by atoms with Crippen molar-refractivity contribution in [3.05, 3.63) is 101 Å². The summed E-state index contributed by atoms with van der Waals surface area (Å²) in [7, 11) is 1.93. The Balaban J connectivity index is 1.50. The third-order valence-electron chi connectivity index (χ3n) is 5.16. The Morgan fingerprint density at radius 2 is 1.71 bits per heavy atom. The summed E-state index contributed by atoms with van der Waals surface area (Å²) in [5.74, 6) is 1.55. The molecule has 2 aromatic heterocycles. The number of carbonyl (C=O) groups is 1. The first-order valence-electron chi connectivity index (χ1n) is 9.96. The van der Waals surface area contributed by atoms with Crippen LogP contribution in [-0.4, -0.2) is 10.5 Å². The van der Waals surface area contributed by atoms with E-state index < -0.39 is 0 Å². The third-order valence-corrected chi connectivity index (χ3v) is 7.31. The van der Waals surface area contributed by atoms with E-state index in [0.29, 0.717) is 16.3 Å². The van der Waals surface area contributed by atoms with Gasteiger partial charge in [-0.2, -0.15) is 16.8 Å². The van der Waals surface area contributed by atoms with E-state index >= 15 is 0 Å². The molecule has 5 rings (SSSR count). The summed E-state index contributed by atoms with van der Waals surface area (Å²) in [6.45, 7) is 0. The predicted molar refractivity (Wildman–Crippen MR) is 128 cm³/mol. The summed E-state index contributed by atoms with van der Waals surface area (Å²) in [5, 5.41) is 0.974. The number of carbonyl (C=O) groups excluding carboxylic acids is 1. The molecule has 0 aliphatic heterocycles. The van der Waals surface area contributed by atoms with E-state index in [1.54, 1.807) is 11.8 Å². The molecule has 0 fully saturated rings. The second-order valence-electron chi connectivity index (χ2n) is 7.21. The number of nitrogens with zero attached hydrogens (tertiary/aromatic N) is 2. The van der Waals surface area contributed by atoms with Gasteiger partial charge in [0.2, 0.25) is 0 Å². The average Bonchev–Trinajstić information content (AvgIpc) is 3.33. The van der Waals surface area contributed by atoms with Crippen molar-refractivity contribution in [2.45, 2.75) is 11.5 Å². The normalized spacial score (nSPS) is 12.1. The van der Waals surface area contributed by atoms with Crippen molar-refractivity contribution in [3.63, 3.8) is 0 Å². The molecule has 5 aromatic rings. The maximum atomic E-state index is 13.2. The Morgan fingerprint density at radius 3 is 2.55 bits per heavy atom. The highest BCUT2D eigenvalue weighted by atomic mass is 32.2. The minimum atomic E-state index is -0.339. The zero-order valence-corrected chi connectivity index (χ0v) is 18.6. The fourth-order valence-corrected chi connectivity index (χ4v) is 5.62. The van der Waals surface area contributed by atoms with Crippen LogP contribution in [0.4, 0.5) is 0 Å². The number of amides is 1. The van der Waals surface area contributed by atoms with E-state index in [4.69, 9.17) is 4.42 Å². The molecule has 31 heavy (non-hydrogen) atoms. The summed E-state index contributed by atoms with van der Waals surface area (Å²) >= 11 is 3.27. The summed E-state index contributed by atoms with van der Waals surface area (Å²) in [6.07, 6.45) is 0. The van der Waals surface area contributed by atoms with E-state index in [9.17, 15) is 4.79 Å². The Morgan fingerprint density at radius 1 is 0.968 bits per heavy atom. The van der Waals surface area contributed by atoms with Crippen molar-refractivity contribution in [3.8, 4) is 0 Å². The maximum Gasteiger partial charge on any atom is 0.315 e. The molecule has 0 spiro atoms. The molecule has 6 heteroatoms. The van der Waals surface area contributed by atoms with Gasteiger partial charge < -0.3 is 8.98 Å². The number of furan rings is 1. The zero-order valence-electron chi connectivity index (χ0n) is 16.9. The second-order valence-corrected chi connectivity index (χ2v) is 9.21. The molecule has 0 saturated heterocycles. The lowest BCUT2D eigenvalue weighted by Crippen LogP contribution is -2.13. The smallest absolute Gasteiger partial charge is 0.315 e. The topological polar surface area (TPSA) is 47.5 Å². The van der Waals surface area contributed by atoms with E-state index in [0.717, 1.165) is 32.5 Å². The molecule has 0 aliphatic carbocycles. The van der Waals surface area contributed by atoms with Crippen molar-refractivity contribution in [2.75, 3.05) is 0 Å². The number of benzene rings is 3. The number of aryl methyl sites for hydroxylation is 1. The van der Waals surface area contributed by atoms with Crippen molar-refractivity contribution >= 4 is 50.2 Å². The molecule has 0 saturated carbocycles. The van der Waals surface area contributed by atoms with Crippen LogP contribution < -0.4 is 4.80 Å². The summed E-state index contributed by atoms with van der Waals surface area (Å²) in [4.78, 5) is 18.3. The van der Waals surface area contributed by atoms with Gasteiger partial charge >= 0.3 is 5.91 Å². The number of fused-ring (bicyclic) bond motifs is 2. The molecule has 3 aromatic carbocycles. The van der Waals surface area contributed by atoms with E-state index in [2.05, 4.69) is 17.1 Å². The number of thiazole rings is 1. The quantitative estimate of drug-likeness (QED) is 0.326.